The molecular formula is C25H22N2O4. The van der Waals surface area contributed by atoms with Crippen molar-refractivity contribution in [2.75, 3.05) is 26.0 Å². The van der Waals surface area contributed by atoms with E-state index in [1.54, 1.807) is 19.2 Å². The van der Waals surface area contributed by atoms with Crippen LogP contribution in [0.4, 0.5) is 5.69 Å². The molecule has 1 N–H and O–H groups in total. The minimum atomic E-state index is -1.09. The van der Waals surface area contributed by atoms with Gasteiger partial charge in [-0.05, 0) is 42.8 Å². The Hall–Kier alpha value is -3.93. The standard InChI is InChI=1S/C25H22N2O4/c1-14(28)15-5-8-18(21(11-15)25(29)30)24-19-9-6-16(26-2)12-22(19)31-23-13-17(27(3)4)7-10-20(23)24/h5-13H,1-4H3,(H,29,30)/b26-16+. The summed E-state index contributed by atoms with van der Waals surface area (Å²) in [4.78, 5) is 30.2. The molecule has 0 unspecified atom stereocenters. The van der Waals surface area contributed by atoms with Gasteiger partial charge in [0, 0.05) is 61.0 Å². The van der Waals surface area contributed by atoms with Gasteiger partial charge < -0.3 is 14.4 Å². The van der Waals surface area contributed by atoms with E-state index >= 15 is 0 Å². The van der Waals surface area contributed by atoms with E-state index in [0.717, 1.165) is 27.6 Å². The number of carbonyl (C=O) groups excluding carboxylic acids is 1. The summed E-state index contributed by atoms with van der Waals surface area (Å²) in [5.74, 6) is -0.671. The van der Waals surface area contributed by atoms with Crippen LogP contribution in [0.15, 0.2) is 64.0 Å². The minimum Gasteiger partial charge on any atom is -0.478 e. The van der Waals surface area contributed by atoms with Crippen LogP contribution in [-0.4, -0.2) is 38.0 Å². The highest BCUT2D eigenvalue weighted by Crippen LogP contribution is 2.42. The van der Waals surface area contributed by atoms with Gasteiger partial charge in [0.05, 0.1) is 10.9 Å². The number of carboxylic acids is 1. The summed E-state index contributed by atoms with van der Waals surface area (Å²) in [5.41, 5.74) is 4.08. The highest BCUT2D eigenvalue weighted by Gasteiger charge is 2.22. The first-order valence-electron chi connectivity index (χ1n) is 9.79. The van der Waals surface area contributed by atoms with E-state index in [-0.39, 0.29) is 11.3 Å². The zero-order chi connectivity index (χ0) is 22.3. The Kier molecular flexibility index (Phi) is 5.07. The number of rotatable bonds is 4. The molecule has 4 rings (SSSR count). The molecule has 0 spiro atoms. The molecule has 2 aromatic carbocycles. The molecule has 0 fully saturated rings. The maximum absolute atomic E-state index is 12.1. The third-order valence-electron chi connectivity index (χ3n) is 5.39. The van der Waals surface area contributed by atoms with Crippen molar-refractivity contribution in [3.8, 4) is 22.5 Å². The number of nitrogens with zero attached hydrogens (tertiary/aromatic N) is 2. The van der Waals surface area contributed by atoms with Crippen LogP contribution in [0.3, 0.4) is 0 Å². The van der Waals surface area contributed by atoms with Crippen LogP contribution >= 0.6 is 0 Å². The number of carboxylic acid groups (broad SMARTS) is 1. The lowest BCUT2D eigenvalue weighted by Gasteiger charge is -2.19. The minimum absolute atomic E-state index is 0.0717. The summed E-state index contributed by atoms with van der Waals surface area (Å²) in [6.45, 7) is 1.42. The molecule has 0 bridgehead atoms. The van der Waals surface area contributed by atoms with E-state index in [0.29, 0.717) is 22.5 Å². The number of aromatic carboxylic acids is 1. The molecule has 6 heteroatoms. The van der Waals surface area contributed by atoms with E-state index in [2.05, 4.69) is 4.99 Å². The van der Waals surface area contributed by atoms with Gasteiger partial charge in [-0.1, -0.05) is 12.1 Å². The summed E-state index contributed by atoms with van der Waals surface area (Å²) >= 11 is 0. The number of ketones is 1. The van der Waals surface area contributed by atoms with Crippen molar-refractivity contribution in [2.24, 2.45) is 4.99 Å². The molecule has 1 aliphatic heterocycles. The lowest BCUT2D eigenvalue weighted by Crippen LogP contribution is -2.09. The van der Waals surface area contributed by atoms with Crippen molar-refractivity contribution in [1.82, 2.24) is 0 Å². The van der Waals surface area contributed by atoms with E-state index < -0.39 is 5.97 Å². The number of anilines is 1. The third-order valence-corrected chi connectivity index (χ3v) is 5.39. The fraction of sp³-hybridized carbons (Fsp3) is 0.160. The first-order valence-corrected chi connectivity index (χ1v) is 9.79. The van der Waals surface area contributed by atoms with E-state index in [1.807, 2.05) is 55.4 Å². The Morgan fingerprint density at radius 3 is 2.35 bits per heavy atom. The highest BCUT2D eigenvalue weighted by atomic mass is 16.4. The van der Waals surface area contributed by atoms with Gasteiger partial charge in [-0.3, -0.25) is 9.79 Å². The highest BCUT2D eigenvalue weighted by molar-refractivity contribution is 6.09. The molecule has 0 radical (unpaired) electrons. The molecule has 156 valence electrons. The van der Waals surface area contributed by atoms with Crippen molar-refractivity contribution in [1.29, 1.82) is 0 Å². The molecular weight excluding hydrogens is 392 g/mol. The normalized spacial score (nSPS) is 11.8. The quantitative estimate of drug-likeness (QED) is 0.387. The maximum Gasteiger partial charge on any atom is 0.336 e. The second-order valence-corrected chi connectivity index (χ2v) is 7.58. The molecule has 2 aliphatic rings. The summed E-state index contributed by atoms with van der Waals surface area (Å²) in [5, 5.41) is 11.5. The predicted molar refractivity (Wildman–Crippen MR) is 121 cm³/mol. The van der Waals surface area contributed by atoms with Crippen molar-refractivity contribution < 1.29 is 19.1 Å². The molecule has 0 amide bonds. The largest absolute Gasteiger partial charge is 0.478 e. The second-order valence-electron chi connectivity index (χ2n) is 7.58. The average Bonchev–Trinajstić information content (AvgIpc) is 2.76. The monoisotopic (exact) mass is 414 g/mol. The average molecular weight is 414 g/mol. The third kappa shape index (κ3) is 3.57. The van der Waals surface area contributed by atoms with Crippen LogP contribution in [0.5, 0.6) is 0 Å². The Morgan fingerprint density at radius 2 is 1.71 bits per heavy atom. The fourth-order valence-corrected chi connectivity index (χ4v) is 3.73. The van der Waals surface area contributed by atoms with Crippen LogP contribution < -0.4 is 10.3 Å². The van der Waals surface area contributed by atoms with Gasteiger partial charge in [0.1, 0.15) is 11.3 Å². The smallest absolute Gasteiger partial charge is 0.336 e. The number of benzene rings is 3. The van der Waals surface area contributed by atoms with Gasteiger partial charge in [0.15, 0.2) is 5.78 Å². The zero-order valence-corrected chi connectivity index (χ0v) is 17.8. The van der Waals surface area contributed by atoms with E-state index in [4.69, 9.17) is 4.42 Å². The van der Waals surface area contributed by atoms with Crippen molar-refractivity contribution in [3.63, 3.8) is 0 Å². The summed E-state index contributed by atoms with van der Waals surface area (Å²) in [7, 11) is 5.59. The molecule has 0 atom stereocenters. The van der Waals surface area contributed by atoms with Crippen molar-refractivity contribution in [2.45, 2.75) is 6.92 Å². The Balaban J connectivity index is 2.16. The van der Waals surface area contributed by atoms with Gasteiger partial charge >= 0.3 is 5.97 Å². The van der Waals surface area contributed by atoms with Gasteiger partial charge in [0.2, 0.25) is 0 Å². The molecule has 1 aliphatic carbocycles. The topological polar surface area (TPSA) is 83.1 Å². The fourth-order valence-electron chi connectivity index (χ4n) is 3.73. The van der Waals surface area contributed by atoms with Crippen molar-refractivity contribution >= 4 is 28.4 Å². The lowest BCUT2D eigenvalue weighted by atomic mass is 9.89. The Bertz CT molecular complexity index is 1380. The first kappa shape index (κ1) is 20.3. The molecule has 6 nitrogen and oxygen atoms in total. The second kappa shape index (κ2) is 7.72. The first-order chi connectivity index (χ1) is 14.8. The number of Topliss-reactive ketones (excluding diaryl/α,β-unsaturated/α-hetero) is 1. The van der Waals surface area contributed by atoms with Crippen LogP contribution in [0.2, 0.25) is 0 Å². The van der Waals surface area contributed by atoms with E-state index in [1.165, 1.54) is 13.0 Å². The molecule has 31 heavy (non-hydrogen) atoms. The van der Waals surface area contributed by atoms with Crippen LogP contribution in [0, 0.1) is 0 Å². The Labute approximate surface area is 179 Å². The van der Waals surface area contributed by atoms with E-state index in [9.17, 15) is 14.7 Å². The molecule has 1 heterocycles. The predicted octanol–water partition coefficient (Wildman–Crippen LogP) is 4.70. The van der Waals surface area contributed by atoms with Gasteiger partial charge in [-0.15, -0.1) is 0 Å². The zero-order valence-electron chi connectivity index (χ0n) is 17.8. The van der Waals surface area contributed by atoms with Gasteiger partial charge in [-0.25, -0.2) is 4.79 Å². The number of hydrogen-bond donors (Lipinski definition) is 1. The molecule has 2 aromatic rings. The summed E-state index contributed by atoms with van der Waals surface area (Å²) < 4.78 is 6.22. The molecule has 0 saturated carbocycles. The molecule has 0 aromatic heterocycles. The Morgan fingerprint density at radius 1 is 0.968 bits per heavy atom. The lowest BCUT2D eigenvalue weighted by molar-refractivity contribution is 0.0697. The molecule has 0 saturated heterocycles. The van der Waals surface area contributed by atoms with Crippen LogP contribution in [-0.2, 0) is 0 Å². The maximum atomic E-state index is 12.1. The van der Waals surface area contributed by atoms with Crippen LogP contribution in [0.1, 0.15) is 27.6 Å². The van der Waals surface area contributed by atoms with Crippen molar-refractivity contribution in [3.05, 3.63) is 71.1 Å². The van der Waals surface area contributed by atoms with Crippen LogP contribution in [0.25, 0.3) is 33.4 Å². The number of hydrogen-bond acceptors (Lipinski definition) is 5. The van der Waals surface area contributed by atoms with Gasteiger partial charge in [0.25, 0.3) is 0 Å². The number of fused-ring (bicyclic) bond motifs is 2. The summed E-state index contributed by atoms with van der Waals surface area (Å²) in [6.07, 6.45) is 0. The van der Waals surface area contributed by atoms with Gasteiger partial charge in [-0.2, -0.15) is 0 Å². The summed E-state index contributed by atoms with van der Waals surface area (Å²) in [6, 6.07) is 16.2. The SMILES string of the molecule is C/N=c1\ccc2c(-c3ccc(C(C)=O)cc3C(=O)O)c3ccc(N(C)C)cc3oc-2c1. The number of carbonyl (C=O) groups is 2.